The molecule has 3 heterocycles. The lowest BCUT2D eigenvalue weighted by molar-refractivity contribution is -0.119. The number of ether oxygens (including phenoxy) is 2. The molecule has 5 aromatic rings. The van der Waals surface area contributed by atoms with Crippen LogP contribution >= 0.6 is 15.9 Å². The molecule has 0 fully saturated rings. The van der Waals surface area contributed by atoms with Gasteiger partial charge in [0, 0.05) is 84.9 Å². The van der Waals surface area contributed by atoms with Crippen molar-refractivity contribution in [2.24, 2.45) is 7.05 Å². The van der Waals surface area contributed by atoms with Gasteiger partial charge in [0.1, 0.15) is 36.3 Å². The van der Waals surface area contributed by atoms with Crippen LogP contribution in [-0.4, -0.2) is 26.1 Å². The fourth-order valence-electron chi connectivity index (χ4n) is 6.08. The summed E-state index contributed by atoms with van der Waals surface area (Å²) >= 11 is 3.51. The van der Waals surface area contributed by atoms with Gasteiger partial charge in [0.2, 0.25) is 0 Å². The number of hydrogen-bond donors (Lipinski definition) is 0. The first-order chi connectivity index (χ1) is 23.2. The van der Waals surface area contributed by atoms with Crippen molar-refractivity contribution in [1.82, 2.24) is 14.5 Å². The van der Waals surface area contributed by atoms with Crippen LogP contribution in [0.1, 0.15) is 51.8 Å². The Hall–Kier alpha value is -4.89. The molecule has 0 amide bonds. The second-order valence-corrected chi connectivity index (χ2v) is 13.1. The highest BCUT2D eigenvalue weighted by atomic mass is 79.9. The summed E-state index contributed by atoms with van der Waals surface area (Å²) in [4.78, 5) is 43.8. The molecule has 8 nitrogen and oxygen atoms in total. The average Bonchev–Trinajstić information content (AvgIpc) is 3.09. The molecule has 0 bridgehead atoms. The first-order valence-electron chi connectivity index (χ1n) is 15.9. The lowest BCUT2D eigenvalue weighted by Crippen LogP contribution is -2.18. The first kappa shape index (κ1) is 33.0. The minimum Gasteiger partial charge on any atom is -0.489 e. The Bertz CT molecular complexity index is 2000. The highest BCUT2D eigenvalue weighted by Gasteiger charge is 2.22. The molecule has 0 N–H and O–H groups in total. The first-order valence-corrected chi connectivity index (χ1v) is 16.7. The van der Waals surface area contributed by atoms with E-state index in [1.165, 1.54) is 5.56 Å². The molecule has 2 aromatic carbocycles. The maximum atomic E-state index is 12.0. The predicted octanol–water partition coefficient (Wildman–Crippen LogP) is 6.87. The van der Waals surface area contributed by atoms with Crippen LogP contribution in [0.4, 0.5) is 0 Å². The number of fused-ring (bicyclic) bond motifs is 2. The number of benzene rings is 2. The van der Waals surface area contributed by atoms with E-state index in [0.29, 0.717) is 44.5 Å². The average molecular weight is 707 g/mol. The third-order valence-corrected chi connectivity index (χ3v) is 9.10. The second kappa shape index (κ2) is 14.9. The van der Waals surface area contributed by atoms with Gasteiger partial charge >= 0.3 is 0 Å². The van der Waals surface area contributed by atoms with Crippen molar-refractivity contribution in [3.05, 3.63) is 139 Å². The summed E-state index contributed by atoms with van der Waals surface area (Å²) in [7, 11) is 1.76. The van der Waals surface area contributed by atoms with Crippen LogP contribution in [0.15, 0.2) is 94.8 Å². The normalized spacial score (nSPS) is 13.6. The Morgan fingerprint density at radius 3 is 1.75 bits per heavy atom. The predicted molar refractivity (Wildman–Crippen MR) is 187 cm³/mol. The second-order valence-electron chi connectivity index (χ2n) is 12.2. The highest BCUT2D eigenvalue weighted by Crippen LogP contribution is 2.35. The van der Waals surface area contributed by atoms with Crippen molar-refractivity contribution in [3.63, 3.8) is 0 Å². The van der Waals surface area contributed by atoms with E-state index >= 15 is 0 Å². The molecule has 0 unspecified atom stereocenters. The van der Waals surface area contributed by atoms with Gasteiger partial charge in [0.15, 0.2) is 0 Å². The molecule has 0 radical (unpaired) electrons. The number of aromatic nitrogens is 3. The summed E-state index contributed by atoms with van der Waals surface area (Å²) in [5.41, 5.74) is 9.13. The highest BCUT2D eigenvalue weighted by molar-refractivity contribution is 9.10. The van der Waals surface area contributed by atoms with Crippen LogP contribution in [0.25, 0.3) is 11.1 Å². The minimum atomic E-state index is 0.00136. The fraction of sp³-hybridized carbons (Fsp3) is 0.256. The number of carbonyl (C=O) groups excluding carboxylic acids is 2. The van der Waals surface area contributed by atoms with Gasteiger partial charge in [0.25, 0.3) is 5.56 Å². The Morgan fingerprint density at radius 2 is 1.21 bits per heavy atom. The minimum absolute atomic E-state index is 0.00136. The zero-order chi connectivity index (χ0) is 33.6. The summed E-state index contributed by atoms with van der Waals surface area (Å²) in [6.07, 6.45) is 12.4. The molecule has 2 aliphatic rings. The van der Waals surface area contributed by atoms with Gasteiger partial charge in [-0.3, -0.25) is 24.4 Å². The molecule has 244 valence electrons. The van der Waals surface area contributed by atoms with Crippen LogP contribution in [-0.2, 0) is 55.5 Å². The maximum Gasteiger partial charge on any atom is 0.253 e. The molecule has 2 aliphatic carbocycles. The SMILES string of the molecule is Cc1cc(-c2cc3c(c(OCc4ccncc4)c2)CC(=O)CC3)cn(C)c1=O.O=C1CCc2cc(Br)cc(OCc3ccncc3)c2C1. The number of hydrogen-bond acceptors (Lipinski definition) is 7. The molecule has 3 aromatic heterocycles. The van der Waals surface area contributed by atoms with E-state index in [-0.39, 0.29) is 17.1 Å². The van der Waals surface area contributed by atoms with Crippen LogP contribution < -0.4 is 15.0 Å². The van der Waals surface area contributed by atoms with Crippen molar-refractivity contribution < 1.29 is 19.1 Å². The number of Topliss-reactive ketones (excluding diaryl/α,β-unsaturated/α-hetero) is 2. The lowest BCUT2D eigenvalue weighted by atomic mass is 9.87. The number of aryl methyl sites for hydroxylation is 4. The van der Waals surface area contributed by atoms with Crippen LogP contribution in [0.5, 0.6) is 11.5 Å². The Morgan fingerprint density at radius 1 is 0.688 bits per heavy atom. The fourth-order valence-corrected chi connectivity index (χ4v) is 6.56. The van der Waals surface area contributed by atoms with Gasteiger partial charge in [-0.05, 0) is 102 Å². The Kier molecular flexibility index (Phi) is 10.3. The lowest BCUT2D eigenvalue weighted by Gasteiger charge is -2.21. The van der Waals surface area contributed by atoms with Crippen molar-refractivity contribution >= 4 is 27.5 Å². The van der Waals surface area contributed by atoms with Crippen LogP contribution in [0.2, 0.25) is 0 Å². The molecule has 0 spiro atoms. The molecule has 0 saturated carbocycles. The topological polar surface area (TPSA) is 100 Å². The zero-order valence-corrected chi connectivity index (χ0v) is 28.6. The summed E-state index contributed by atoms with van der Waals surface area (Å²) in [6, 6.07) is 17.7. The van der Waals surface area contributed by atoms with Crippen molar-refractivity contribution in [2.75, 3.05) is 0 Å². The van der Waals surface area contributed by atoms with Gasteiger partial charge in [-0.25, -0.2) is 0 Å². The largest absolute Gasteiger partial charge is 0.489 e. The van der Waals surface area contributed by atoms with Crippen LogP contribution in [0, 0.1) is 6.92 Å². The van der Waals surface area contributed by atoms with E-state index in [0.717, 1.165) is 67.8 Å². The number of rotatable bonds is 7. The summed E-state index contributed by atoms with van der Waals surface area (Å²) in [5, 5.41) is 0. The zero-order valence-electron chi connectivity index (χ0n) is 27.0. The Balaban J connectivity index is 0.000000177. The van der Waals surface area contributed by atoms with Crippen molar-refractivity contribution in [1.29, 1.82) is 0 Å². The van der Waals surface area contributed by atoms with Crippen molar-refractivity contribution in [3.8, 4) is 22.6 Å². The Labute approximate surface area is 287 Å². The quantitative estimate of drug-likeness (QED) is 0.182. The number of ketones is 2. The molecule has 48 heavy (non-hydrogen) atoms. The molecule has 9 heteroatoms. The monoisotopic (exact) mass is 705 g/mol. The third kappa shape index (κ3) is 7.97. The maximum absolute atomic E-state index is 12.0. The van der Waals surface area contributed by atoms with E-state index in [4.69, 9.17) is 9.47 Å². The third-order valence-electron chi connectivity index (χ3n) is 8.64. The number of carbonyl (C=O) groups is 2. The molecular weight excluding hydrogens is 670 g/mol. The van der Waals surface area contributed by atoms with E-state index in [2.05, 4.69) is 38.0 Å². The van der Waals surface area contributed by atoms with Gasteiger partial charge in [-0.15, -0.1) is 0 Å². The number of nitrogens with zero attached hydrogens (tertiary/aromatic N) is 3. The van der Waals surface area contributed by atoms with E-state index in [1.807, 2.05) is 55.6 Å². The van der Waals surface area contributed by atoms with E-state index < -0.39 is 0 Å². The van der Waals surface area contributed by atoms with Crippen molar-refractivity contribution in [2.45, 2.75) is 58.7 Å². The molecular formula is C39H36BrN3O5. The molecule has 0 atom stereocenters. The van der Waals surface area contributed by atoms with Gasteiger partial charge in [0.05, 0.1) is 0 Å². The molecule has 0 aliphatic heterocycles. The standard InChI is InChI=1S/C23H22N2O3.C16H14BrNO2/c1-15-9-19(13-25(2)23(15)27)18-10-17-3-4-20(26)12-21(17)22(11-18)28-14-16-5-7-24-8-6-16;17-13-7-12-1-2-14(19)9-15(12)16(8-13)20-10-11-3-5-18-6-4-11/h5-11,13H,3-4,12,14H2,1-2H3;3-8H,1-2,9-10H2. The smallest absolute Gasteiger partial charge is 0.253 e. The summed E-state index contributed by atoms with van der Waals surface area (Å²) in [6.45, 7) is 2.72. The summed E-state index contributed by atoms with van der Waals surface area (Å²) < 4.78 is 14.6. The van der Waals surface area contributed by atoms with Gasteiger partial charge in [-0.1, -0.05) is 22.0 Å². The van der Waals surface area contributed by atoms with Crippen LogP contribution in [0.3, 0.4) is 0 Å². The van der Waals surface area contributed by atoms with E-state index in [9.17, 15) is 14.4 Å². The van der Waals surface area contributed by atoms with Gasteiger partial charge < -0.3 is 14.0 Å². The molecule has 7 rings (SSSR count). The number of halogens is 1. The van der Waals surface area contributed by atoms with Gasteiger partial charge in [-0.2, -0.15) is 0 Å². The molecule has 0 saturated heterocycles. The summed E-state index contributed by atoms with van der Waals surface area (Å²) in [5.74, 6) is 2.07. The van der Waals surface area contributed by atoms with E-state index in [1.54, 1.807) is 36.4 Å². The number of pyridine rings is 3.